The maximum absolute atomic E-state index is 12.2. The molecule has 0 saturated carbocycles. The Morgan fingerprint density at radius 2 is 1.88 bits per heavy atom. The van der Waals surface area contributed by atoms with Crippen LogP contribution in [0.25, 0.3) is 0 Å². The summed E-state index contributed by atoms with van der Waals surface area (Å²) in [5.74, 6) is 0.882. The van der Waals surface area contributed by atoms with Gasteiger partial charge in [0.05, 0.1) is 12.5 Å². The average molecular weight is 327 g/mol. The van der Waals surface area contributed by atoms with Crippen LogP contribution in [-0.2, 0) is 9.59 Å². The summed E-state index contributed by atoms with van der Waals surface area (Å²) < 4.78 is 15.8. The molecule has 1 aliphatic heterocycles. The zero-order valence-electron chi connectivity index (χ0n) is 13.2. The van der Waals surface area contributed by atoms with Crippen LogP contribution >= 0.6 is 0 Å². The first-order valence-electron chi connectivity index (χ1n) is 7.54. The predicted octanol–water partition coefficient (Wildman–Crippen LogP) is 2.59. The first-order chi connectivity index (χ1) is 11.6. The summed E-state index contributed by atoms with van der Waals surface area (Å²) in [6.07, 6.45) is 0.0258. The molecule has 0 aromatic heterocycles. The summed E-state index contributed by atoms with van der Waals surface area (Å²) in [7, 11) is 0. The Morgan fingerprint density at radius 1 is 1.12 bits per heavy atom. The van der Waals surface area contributed by atoms with Crippen molar-refractivity contribution in [1.82, 2.24) is 5.32 Å². The number of carbonyl (C=O) groups is 2. The highest BCUT2D eigenvalue weighted by molar-refractivity contribution is 5.77. The lowest BCUT2D eigenvalue weighted by molar-refractivity contribution is -0.135. The van der Waals surface area contributed by atoms with Crippen LogP contribution in [0.3, 0.4) is 0 Å². The first-order valence-corrected chi connectivity index (χ1v) is 7.54. The topological polar surface area (TPSA) is 73.9 Å². The fourth-order valence-electron chi connectivity index (χ4n) is 2.46. The molecule has 1 amide bonds. The van der Waals surface area contributed by atoms with Gasteiger partial charge in [-0.15, -0.1) is 0 Å². The molecule has 3 rings (SSSR count). The van der Waals surface area contributed by atoms with E-state index in [-0.39, 0.29) is 19.1 Å². The number of benzene rings is 2. The van der Waals surface area contributed by atoms with Crippen LogP contribution in [0.15, 0.2) is 48.5 Å². The lowest BCUT2D eigenvalue weighted by Gasteiger charge is -2.17. The Balaban J connectivity index is 1.68. The van der Waals surface area contributed by atoms with Gasteiger partial charge in [-0.25, -0.2) is 0 Å². The van der Waals surface area contributed by atoms with E-state index in [0.717, 1.165) is 5.56 Å². The number of carbonyl (C=O) groups excluding carboxylic acids is 2. The van der Waals surface area contributed by atoms with E-state index in [2.05, 4.69) is 5.32 Å². The summed E-state index contributed by atoms with van der Waals surface area (Å²) in [6.45, 7) is 1.57. The first kappa shape index (κ1) is 15.9. The van der Waals surface area contributed by atoms with Crippen LogP contribution in [-0.4, -0.2) is 18.7 Å². The van der Waals surface area contributed by atoms with Crippen molar-refractivity contribution in [2.75, 3.05) is 6.79 Å². The third-order valence-electron chi connectivity index (χ3n) is 3.53. The standard InChI is InChI=1S/C18H17NO5/c1-12(20)19-15(13-5-3-2-4-6-13)10-18(21)24-14-7-8-16-17(9-14)23-11-22-16/h2-9,15H,10-11H2,1H3,(H,19,20)/t15-/m0/s1. The largest absolute Gasteiger partial charge is 0.454 e. The van der Waals surface area contributed by atoms with Crippen LogP contribution in [0, 0.1) is 0 Å². The van der Waals surface area contributed by atoms with Gasteiger partial charge in [-0.05, 0) is 17.7 Å². The van der Waals surface area contributed by atoms with Gasteiger partial charge in [0.15, 0.2) is 11.5 Å². The van der Waals surface area contributed by atoms with Crippen molar-refractivity contribution < 1.29 is 23.8 Å². The average Bonchev–Trinajstić information content (AvgIpc) is 3.02. The Labute approximate surface area is 139 Å². The van der Waals surface area contributed by atoms with Gasteiger partial charge in [0.1, 0.15) is 5.75 Å². The summed E-state index contributed by atoms with van der Waals surface area (Å²) in [6, 6.07) is 13.8. The van der Waals surface area contributed by atoms with Gasteiger partial charge in [-0.3, -0.25) is 9.59 Å². The Kier molecular flexibility index (Phi) is 4.65. The van der Waals surface area contributed by atoms with Gasteiger partial charge in [0.2, 0.25) is 12.7 Å². The van der Waals surface area contributed by atoms with Crippen molar-refractivity contribution in [2.45, 2.75) is 19.4 Å². The number of hydrogen-bond acceptors (Lipinski definition) is 5. The quantitative estimate of drug-likeness (QED) is 0.675. The molecule has 0 fully saturated rings. The van der Waals surface area contributed by atoms with Crippen LogP contribution in [0.4, 0.5) is 0 Å². The van der Waals surface area contributed by atoms with E-state index in [4.69, 9.17) is 14.2 Å². The van der Waals surface area contributed by atoms with E-state index in [1.807, 2.05) is 30.3 Å². The smallest absolute Gasteiger partial charge is 0.313 e. The normalized spacial score (nSPS) is 13.2. The molecule has 24 heavy (non-hydrogen) atoms. The van der Waals surface area contributed by atoms with Crippen LogP contribution in [0.1, 0.15) is 24.9 Å². The van der Waals surface area contributed by atoms with E-state index in [1.165, 1.54) is 6.92 Å². The number of esters is 1. The number of fused-ring (bicyclic) bond motifs is 1. The number of amides is 1. The molecule has 2 aromatic carbocycles. The zero-order chi connectivity index (χ0) is 16.9. The molecule has 0 spiro atoms. The SMILES string of the molecule is CC(=O)N[C@@H](CC(=O)Oc1ccc2c(c1)OCO2)c1ccccc1. The predicted molar refractivity (Wildman–Crippen MR) is 85.8 cm³/mol. The van der Waals surface area contributed by atoms with Gasteiger partial charge in [0.25, 0.3) is 0 Å². The van der Waals surface area contributed by atoms with E-state index in [1.54, 1.807) is 18.2 Å². The number of rotatable bonds is 5. The summed E-state index contributed by atoms with van der Waals surface area (Å²) in [4.78, 5) is 23.6. The van der Waals surface area contributed by atoms with E-state index >= 15 is 0 Å². The molecule has 2 aromatic rings. The third kappa shape index (κ3) is 3.84. The van der Waals surface area contributed by atoms with Gasteiger partial charge >= 0.3 is 5.97 Å². The Morgan fingerprint density at radius 3 is 2.62 bits per heavy atom. The minimum Gasteiger partial charge on any atom is -0.454 e. The van der Waals surface area contributed by atoms with Crippen LogP contribution in [0.2, 0.25) is 0 Å². The highest BCUT2D eigenvalue weighted by Gasteiger charge is 2.20. The second-order valence-electron chi connectivity index (χ2n) is 5.36. The van der Waals surface area contributed by atoms with Gasteiger partial charge in [0, 0.05) is 13.0 Å². The van der Waals surface area contributed by atoms with Gasteiger partial charge in [-0.1, -0.05) is 30.3 Å². The third-order valence-corrected chi connectivity index (χ3v) is 3.53. The molecular weight excluding hydrogens is 310 g/mol. The molecule has 1 N–H and O–H groups in total. The molecule has 0 radical (unpaired) electrons. The maximum Gasteiger partial charge on any atom is 0.313 e. The molecule has 1 aliphatic rings. The van der Waals surface area contributed by atoms with Crippen molar-refractivity contribution in [1.29, 1.82) is 0 Å². The van der Waals surface area contributed by atoms with Crippen molar-refractivity contribution in [3.05, 3.63) is 54.1 Å². The fourth-order valence-corrected chi connectivity index (χ4v) is 2.46. The lowest BCUT2D eigenvalue weighted by atomic mass is 10.0. The minimum atomic E-state index is -0.448. The molecule has 6 heteroatoms. The molecule has 124 valence electrons. The fraction of sp³-hybridized carbons (Fsp3) is 0.222. The van der Waals surface area contributed by atoms with Crippen molar-refractivity contribution in [3.63, 3.8) is 0 Å². The van der Waals surface area contributed by atoms with E-state index < -0.39 is 12.0 Å². The molecule has 0 bridgehead atoms. The highest BCUT2D eigenvalue weighted by atomic mass is 16.7. The number of nitrogens with one attached hydrogen (secondary N) is 1. The van der Waals surface area contributed by atoms with E-state index in [0.29, 0.717) is 17.2 Å². The van der Waals surface area contributed by atoms with Crippen LogP contribution in [0.5, 0.6) is 17.2 Å². The highest BCUT2D eigenvalue weighted by Crippen LogP contribution is 2.35. The monoisotopic (exact) mass is 327 g/mol. The maximum atomic E-state index is 12.2. The van der Waals surface area contributed by atoms with Gasteiger partial charge in [-0.2, -0.15) is 0 Å². The molecule has 0 unspecified atom stereocenters. The Bertz CT molecular complexity index is 744. The molecular formula is C18H17NO5. The Hall–Kier alpha value is -3.02. The minimum absolute atomic E-state index is 0.0258. The molecule has 6 nitrogen and oxygen atoms in total. The second kappa shape index (κ2) is 7.04. The van der Waals surface area contributed by atoms with Crippen molar-refractivity contribution >= 4 is 11.9 Å². The van der Waals surface area contributed by atoms with Crippen molar-refractivity contribution in [2.24, 2.45) is 0 Å². The van der Waals surface area contributed by atoms with Crippen LogP contribution < -0.4 is 19.5 Å². The summed E-state index contributed by atoms with van der Waals surface area (Å²) >= 11 is 0. The molecule has 0 saturated heterocycles. The number of ether oxygens (including phenoxy) is 3. The molecule has 1 heterocycles. The summed E-state index contributed by atoms with van der Waals surface area (Å²) in [5.41, 5.74) is 0.843. The summed E-state index contributed by atoms with van der Waals surface area (Å²) in [5, 5.41) is 2.77. The van der Waals surface area contributed by atoms with E-state index in [9.17, 15) is 9.59 Å². The number of hydrogen-bond donors (Lipinski definition) is 1. The second-order valence-corrected chi connectivity index (χ2v) is 5.36. The van der Waals surface area contributed by atoms with Crippen molar-refractivity contribution in [3.8, 4) is 17.2 Å². The molecule has 0 aliphatic carbocycles. The zero-order valence-corrected chi connectivity index (χ0v) is 13.2. The van der Waals surface area contributed by atoms with Gasteiger partial charge < -0.3 is 19.5 Å². The molecule has 1 atom stereocenters. The lowest BCUT2D eigenvalue weighted by Crippen LogP contribution is -2.29.